The summed E-state index contributed by atoms with van der Waals surface area (Å²) in [5.74, 6) is -0.241. The molecule has 0 bridgehead atoms. The Morgan fingerprint density at radius 1 is 1.56 bits per heavy atom. The third-order valence-corrected chi connectivity index (χ3v) is 3.69. The van der Waals surface area contributed by atoms with Crippen molar-refractivity contribution in [3.05, 3.63) is 29.8 Å². The number of pyridine rings is 1. The van der Waals surface area contributed by atoms with Crippen molar-refractivity contribution >= 4 is 5.91 Å². The molecular weight excluding hydrogens is 233 g/mol. The summed E-state index contributed by atoms with van der Waals surface area (Å²) in [4.78, 5) is 17.7. The van der Waals surface area contributed by atoms with Crippen molar-refractivity contribution in [2.45, 2.75) is 25.3 Å². The lowest BCUT2D eigenvalue weighted by atomic mass is 10.0. The number of hydrogen-bond acceptors (Lipinski definition) is 3. The van der Waals surface area contributed by atoms with E-state index >= 15 is 0 Å². The minimum absolute atomic E-state index is 0.166. The summed E-state index contributed by atoms with van der Waals surface area (Å²) in [5.41, 5.74) is 6.00. The van der Waals surface area contributed by atoms with Gasteiger partial charge in [0.15, 0.2) is 0 Å². The topological polar surface area (TPSA) is 59.2 Å². The number of rotatable bonds is 3. The Morgan fingerprint density at radius 3 is 2.94 bits per heavy atom. The van der Waals surface area contributed by atoms with Crippen molar-refractivity contribution in [3.63, 3.8) is 0 Å². The Hall–Kier alpha value is -1.49. The van der Waals surface area contributed by atoms with Crippen molar-refractivity contribution in [2.75, 3.05) is 13.6 Å². The maximum atomic E-state index is 12.8. The zero-order chi connectivity index (χ0) is 13.1. The molecule has 1 saturated carbocycles. The molecule has 1 aliphatic rings. The van der Waals surface area contributed by atoms with Crippen molar-refractivity contribution in [2.24, 2.45) is 11.7 Å². The van der Waals surface area contributed by atoms with Gasteiger partial charge in [-0.2, -0.15) is 0 Å². The fourth-order valence-electron chi connectivity index (χ4n) is 2.64. The van der Waals surface area contributed by atoms with Gasteiger partial charge in [-0.15, -0.1) is 0 Å². The predicted molar refractivity (Wildman–Crippen MR) is 66.5 cm³/mol. The van der Waals surface area contributed by atoms with E-state index in [0.29, 0.717) is 12.5 Å². The Balaban J connectivity index is 2.11. The van der Waals surface area contributed by atoms with Crippen LogP contribution in [0.25, 0.3) is 0 Å². The van der Waals surface area contributed by atoms with Crippen LogP contribution in [-0.2, 0) is 0 Å². The minimum Gasteiger partial charge on any atom is -0.337 e. The maximum absolute atomic E-state index is 12.8. The largest absolute Gasteiger partial charge is 0.337 e. The summed E-state index contributed by atoms with van der Waals surface area (Å²) >= 11 is 0. The molecule has 1 heterocycles. The van der Waals surface area contributed by atoms with Gasteiger partial charge in [0.05, 0.1) is 6.20 Å². The van der Waals surface area contributed by atoms with Crippen LogP contribution in [0.2, 0.25) is 0 Å². The first kappa shape index (κ1) is 13.0. The number of nitrogens with zero attached hydrogens (tertiary/aromatic N) is 2. The van der Waals surface area contributed by atoms with Gasteiger partial charge in [-0.3, -0.25) is 4.79 Å². The number of carbonyl (C=O) groups excluding carboxylic acids is 1. The molecule has 98 valence electrons. The first-order valence-electron chi connectivity index (χ1n) is 6.22. The van der Waals surface area contributed by atoms with E-state index in [2.05, 4.69) is 4.98 Å². The molecule has 4 nitrogen and oxygen atoms in total. The second-order valence-electron chi connectivity index (χ2n) is 4.77. The number of halogens is 1. The van der Waals surface area contributed by atoms with Crippen LogP contribution in [0, 0.1) is 11.7 Å². The monoisotopic (exact) mass is 251 g/mol. The molecule has 1 amide bonds. The molecule has 1 fully saturated rings. The van der Waals surface area contributed by atoms with Crippen molar-refractivity contribution < 1.29 is 9.18 Å². The third-order valence-electron chi connectivity index (χ3n) is 3.69. The van der Waals surface area contributed by atoms with E-state index in [-0.39, 0.29) is 17.6 Å². The second-order valence-corrected chi connectivity index (χ2v) is 4.77. The smallest absolute Gasteiger partial charge is 0.272 e. The zero-order valence-corrected chi connectivity index (χ0v) is 10.5. The quantitative estimate of drug-likeness (QED) is 0.883. The Bertz CT molecular complexity index is 421. The van der Waals surface area contributed by atoms with Gasteiger partial charge in [-0.1, -0.05) is 6.42 Å². The van der Waals surface area contributed by atoms with Crippen LogP contribution in [0.1, 0.15) is 29.8 Å². The summed E-state index contributed by atoms with van der Waals surface area (Å²) in [6, 6.07) is 2.85. The lowest BCUT2D eigenvalue weighted by Gasteiger charge is -2.28. The molecule has 2 N–H and O–H groups in total. The first-order valence-corrected chi connectivity index (χ1v) is 6.22. The number of amides is 1. The number of hydrogen-bond donors (Lipinski definition) is 1. The number of carbonyl (C=O) groups is 1. The fraction of sp³-hybridized carbons (Fsp3) is 0.538. The van der Waals surface area contributed by atoms with Gasteiger partial charge in [0, 0.05) is 13.1 Å². The van der Waals surface area contributed by atoms with Crippen LogP contribution in [0.5, 0.6) is 0 Å². The second kappa shape index (κ2) is 5.44. The van der Waals surface area contributed by atoms with Crippen LogP contribution >= 0.6 is 0 Å². The average molecular weight is 251 g/mol. The maximum Gasteiger partial charge on any atom is 0.272 e. The van der Waals surface area contributed by atoms with E-state index in [1.54, 1.807) is 11.9 Å². The number of nitrogens with two attached hydrogens (primary N) is 1. The molecule has 1 aromatic heterocycles. The lowest BCUT2D eigenvalue weighted by Crippen LogP contribution is -2.41. The van der Waals surface area contributed by atoms with Crippen molar-refractivity contribution in [1.82, 2.24) is 9.88 Å². The van der Waals surface area contributed by atoms with Gasteiger partial charge in [-0.05, 0) is 37.4 Å². The van der Waals surface area contributed by atoms with Gasteiger partial charge in [0.2, 0.25) is 0 Å². The Kier molecular flexibility index (Phi) is 3.91. The van der Waals surface area contributed by atoms with Crippen molar-refractivity contribution in [1.29, 1.82) is 0 Å². The van der Waals surface area contributed by atoms with Gasteiger partial charge in [0.25, 0.3) is 5.91 Å². The zero-order valence-electron chi connectivity index (χ0n) is 10.5. The van der Waals surface area contributed by atoms with Gasteiger partial charge >= 0.3 is 0 Å². The predicted octanol–water partition coefficient (Wildman–Crippen LogP) is 1.42. The van der Waals surface area contributed by atoms with E-state index in [1.165, 1.54) is 12.1 Å². The molecule has 0 spiro atoms. The molecular formula is C13H18FN3O. The van der Waals surface area contributed by atoms with E-state index in [1.807, 2.05) is 0 Å². The molecule has 18 heavy (non-hydrogen) atoms. The summed E-state index contributed by atoms with van der Waals surface area (Å²) in [5, 5.41) is 0. The average Bonchev–Trinajstić information content (AvgIpc) is 2.86. The highest BCUT2D eigenvalue weighted by Gasteiger charge is 2.32. The third kappa shape index (κ3) is 2.51. The van der Waals surface area contributed by atoms with E-state index in [9.17, 15) is 9.18 Å². The van der Waals surface area contributed by atoms with E-state index in [0.717, 1.165) is 25.5 Å². The molecule has 0 aliphatic heterocycles. The summed E-state index contributed by atoms with van der Waals surface area (Å²) in [7, 11) is 1.77. The minimum atomic E-state index is -0.435. The standard InChI is InChI=1S/C13H18FN3O/c1-17(12-4-2-3-9(12)7-15)13(18)11-6-5-10(14)8-16-11/h5-6,8-9,12H,2-4,7,15H2,1H3. The Morgan fingerprint density at radius 2 is 2.33 bits per heavy atom. The Labute approximate surface area is 106 Å². The van der Waals surface area contributed by atoms with E-state index < -0.39 is 5.82 Å². The fourth-order valence-corrected chi connectivity index (χ4v) is 2.64. The van der Waals surface area contributed by atoms with E-state index in [4.69, 9.17) is 5.73 Å². The number of aromatic nitrogens is 1. The first-order chi connectivity index (χ1) is 8.63. The van der Waals surface area contributed by atoms with Crippen LogP contribution in [0.4, 0.5) is 4.39 Å². The van der Waals surface area contributed by atoms with Crippen LogP contribution in [0.3, 0.4) is 0 Å². The summed E-state index contributed by atoms with van der Waals surface area (Å²) in [6.45, 7) is 0.596. The SMILES string of the molecule is CN(C(=O)c1ccc(F)cn1)C1CCCC1CN. The molecule has 2 atom stereocenters. The molecule has 1 aliphatic carbocycles. The summed E-state index contributed by atoms with van der Waals surface area (Å²) < 4.78 is 12.8. The highest BCUT2D eigenvalue weighted by Crippen LogP contribution is 2.29. The molecule has 2 unspecified atom stereocenters. The van der Waals surface area contributed by atoms with Crippen molar-refractivity contribution in [3.8, 4) is 0 Å². The van der Waals surface area contributed by atoms with Crippen LogP contribution in [0.15, 0.2) is 18.3 Å². The van der Waals surface area contributed by atoms with Crippen LogP contribution in [-0.4, -0.2) is 35.4 Å². The van der Waals surface area contributed by atoms with Crippen LogP contribution < -0.4 is 5.73 Å². The van der Waals surface area contributed by atoms with Gasteiger partial charge < -0.3 is 10.6 Å². The molecule has 5 heteroatoms. The molecule has 0 radical (unpaired) electrons. The molecule has 0 saturated heterocycles. The summed E-state index contributed by atoms with van der Waals surface area (Å²) in [6.07, 6.45) is 4.21. The van der Waals surface area contributed by atoms with Gasteiger partial charge in [-0.25, -0.2) is 9.37 Å². The molecule has 2 rings (SSSR count). The lowest BCUT2D eigenvalue weighted by molar-refractivity contribution is 0.0694. The highest BCUT2D eigenvalue weighted by atomic mass is 19.1. The molecule has 1 aromatic rings. The van der Waals surface area contributed by atoms with Gasteiger partial charge in [0.1, 0.15) is 11.5 Å². The molecule has 0 aromatic carbocycles. The highest BCUT2D eigenvalue weighted by molar-refractivity contribution is 5.92. The normalized spacial score (nSPS) is 23.1.